The van der Waals surface area contributed by atoms with Crippen molar-refractivity contribution in [1.29, 1.82) is 0 Å². The van der Waals surface area contributed by atoms with Crippen LogP contribution < -0.4 is 0 Å². The van der Waals surface area contributed by atoms with Crippen LogP contribution in [-0.2, 0) is 0 Å². The van der Waals surface area contributed by atoms with Gasteiger partial charge in [0.05, 0.1) is 12.8 Å². The summed E-state index contributed by atoms with van der Waals surface area (Å²) in [5.41, 5.74) is 2.74. The van der Waals surface area contributed by atoms with Gasteiger partial charge in [0.2, 0.25) is 0 Å². The molecule has 1 saturated carbocycles. The summed E-state index contributed by atoms with van der Waals surface area (Å²) in [4.78, 5) is 5.27. The molecule has 0 unspecified atom stereocenters. The van der Waals surface area contributed by atoms with Gasteiger partial charge in [0, 0.05) is 24.2 Å². The molecule has 0 spiro atoms. The molecule has 4 rings (SSSR count). The van der Waals surface area contributed by atoms with E-state index < -0.39 is 0 Å². The second-order valence-corrected chi connectivity index (χ2v) is 7.94. The largest absolute Gasteiger partial charge is 0.393 e. The van der Waals surface area contributed by atoms with Crippen molar-refractivity contribution < 1.29 is 5.11 Å². The van der Waals surface area contributed by atoms with Crippen LogP contribution in [0.1, 0.15) is 56.3 Å². The molecule has 1 heterocycles. The molecule has 0 aromatic heterocycles. The summed E-state index contributed by atoms with van der Waals surface area (Å²) in [7, 11) is 0. The number of hydrogen-bond acceptors (Lipinski definition) is 3. The van der Waals surface area contributed by atoms with Crippen molar-refractivity contribution in [1.82, 2.24) is 9.80 Å². The predicted molar refractivity (Wildman–Crippen MR) is 106 cm³/mol. The molecule has 0 amide bonds. The highest BCUT2D eigenvalue weighted by molar-refractivity contribution is 5.22. The molecule has 26 heavy (non-hydrogen) atoms. The number of rotatable bonds is 4. The predicted octanol–water partition coefficient (Wildman–Crippen LogP) is 4.37. The van der Waals surface area contributed by atoms with Crippen LogP contribution in [0.4, 0.5) is 0 Å². The van der Waals surface area contributed by atoms with Gasteiger partial charge in [0.25, 0.3) is 0 Å². The first-order valence-electron chi connectivity index (χ1n) is 9.94. The van der Waals surface area contributed by atoms with E-state index in [4.69, 9.17) is 0 Å². The van der Waals surface area contributed by atoms with Gasteiger partial charge in [0.15, 0.2) is 0 Å². The molecule has 1 aliphatic heterocycles. The van der Waals surface area contributed by atoms with Crippen molar-refractivity contribution in [2.75, 3.05) is 6.67 Å². The molecule has 1 N–H and O–H groups in total. The van der Waals surface area contributed by atoms with Crippen molar-refractivity contribution in [3.63, 3.8) is 0 Å². The Hall–Kier alpha value is -1.68. The van der Waals surface area contributed by atoms with Gasteiger partial charge in [-0.1, -0.05) is 60.7 Å². The van der Waals surface area contributed by atoms with Crippen molar-refractivity contribution in [2.45, 2.75) is 63.4 Å². The first-order valence-corrected chi connectivity index (χ1v) is 9.94. The highest BCUT2D eigenvalue weighted by Crippen LogP contribution is 2.41. The minimum atomic E-state index is -0.159. The highest BCUT2D eigenvalue weighted by atomic mass is 16.3. The minimum absolute atomic E-state index is 0.159. The Kier molecular flexibility index (Phi) is 5.12. The molecule has 1 saturated heterocycles. The zero-order valence-electron chi connectivity index (χ0n) is 15.8. The maximum Gasteiger partial charge on any atom is 0.0556 e. The standard InChI is InChI=1S/C23H30N2O/c1-17(19-9-5-3-6-10-19)24-16-25(18(2)20-11-7-4-8-12-20)23-15-21(26)13-14-22(23)24/h3-12,17-18,21-23,26H,13-16H2,1-2H3/t17-,18-,21-,22+,23+/m0/s1. The topological polar surface area (TPSA) is 26.7 Å². The van der Waals surface area contributed by atoms with Gasteiger partial charge in [-0.05, 0) is 44.2 Å². The van der Waals surface area contributed by atoms with E-state index >= 15 is 0 Å². The van der Waals surface area contributed by atoms with Gasteiger partial charge in [-0.3, -0.25) is 9.80 Å². The lowest BCUT2D eigenvalue weighted by Gasteiger charge is -2.38. The van der Waals surface area contributed by atoms with Crippen LogP contribution in [0, 0.1) is 0 Å². The third-order valence-electron chi connectivity index (χ3n) is 6.49. The second-order valence-electron chi connectivity index (χ2n) is 7.94. The number of nitrogens with zero attached hydrogens (tertiary/aromatic N) is 2. The average Bonchev–Trinajstić information content (AvgIpc) is 3.06. The molecular formula is C23H30N2O. The van der Waals surface area contributed by atoms with Gasteiger partial charge < -0.3 is 5.11 Å². The minimum Gasteiger partial charge on any atom is -0.393 e. The summed E-state index contributed by atoms with van der Waals surface area (Å²) in [6.07, 6.45) is 2.74. The van der Waals surface area contributed by atoms with Crippen LogP contribution in [0.25, 0.3) is 0 Å². The Morgan fingerprint density at radius 1 is 0.769 bits per heavy atom. The Bertz CT molecular complexity index is 705. The Balaban J connectivity index is 1.61. The molecule has 5 atom stereocenters. The average molecular weight is 351 g/mol. The van der Waals surface area contributed by atoms with Crippen molar-refractivity contribution in [3.05, 3.63) is 71.8 Å². The lowest BCUT2D eigenvalue weighted by Crippen LogP contribution is -2.44. The van der Waals surface area contributed by atoms with Gasteiger partial charge in [-0.15, -0.1) is 0 Å². The van der Waals surface area contributed by atoms with Gasteiger partial charge in [-0.2, -0.15) is 0 Å². The molecule has 3 nitrogen and oxygen atoms in total. The number of aliphatic hydroxyl groups excluding tert-OH is 1. The smallest absolute Gasteiger partial charge is 0.0556 e. The van der Waals surface area contributed by atoms with Crippen LogP contribution >= 0.6 is 0 Å². The van der Waals surface area contributed by atoms with Crippen molar-refractivity contribution in [2.24, 2.45) is 0 Å². The van der Waals surface area contributed by atoms with E-state index in [0.29, 0.717) is 24.2 Å². The molecule has 138 valence electrons. The first kappa shape index (κ1) is 17.7. The van der Waals surface area contributed by atoms with Crippen LogP contribution in [-0.4, -0.2) is 39.8 Å². The Morgan fingerprint density at radius 3 is 1.81 bits per heavy atom. The molecule has 1 aliphatic carbocycles. The normalized spacial score (nSPS) is 29.3. The maximum atomic E-state index is 10.3. The number of benzene rings is 2. The van der Waals surface area contributed by atoms with E-state index in [1.165, 1.54) is 11.1 Å². The van der Waals surface area contributed by atoms with E-state index in [-0.39, 0.29) is 6.10 Å². The fourth-order valence-electron chi connectivity index (χ4n) is 4.92. The monoisotopic (exact) mass is 350 g/mol. The quantitative estimate of drug-likeness (QED) is 0.887. The van der Waals surface area contributed by atoms with Gasteiger partial charge in [0.1, 0.15) is 0 Å². The summed E-state index contributed by atoms with van der Waals surface area (Å²) in [5.74, 6) is 0. The van der Waals surface area contributed by atoms with Crippen molar-refractivity contribution in [3.8, 4) is 0 Å². The number of aliphatic hydroxyl groups is 1. The molecule has 2 aromatic rings. The van der Waals surface area contributed by atoms with E-state index in [1.54, 1.807) is 0 Å². The molecule has 0 radical (unpaired) electrons. The van der Waals surface area contributed by atoms with E-state index in [9.17, 15) is 5.11 Å². The van der Waals surface area contributed by atoms with Crippen LogP contribution in [0.3, 0.4) is 0 Å². The molecule has 3 heteroatoms. The van der Waals surface area contributed by atoms with Crippen molar-refractivity contribution >= 4 is 0 Å². The third-order valence-corrected chi connectivity index (χ3v) is 6.49. The number of fused-ring (bicyclic) bond motifs is 1. The zero-order valence-corrected chi connectivity index (χ0v) is 15.8. The van der Waals surface area contributed by atoms with E-state index in [1.807, 2.05) is 0 Å². The summed E-state index contributed by atoms with van der Waals surface area (Å²) < 4.78 is 0. The fraction of sp³-hybridized carbons (Fsp3) is 0.478. The van der Waals surface area contributed by atoms with Gasteiger partial charge >= 0.3 is 0 Å². The SMILES string of the molecule is C[C@@H](c1ccccc1)N1CN([C@@H](C)c2ccccc2)[C@@H]2C[C@@H](O)CC[C@H]21. The van der Waals surface area contributed by atoms with Crippen LogP contribution in [0.2, 0.25) is 0 Å². The molecule has 2 fully saturated rings. The Labute approximate surface area is 157 Å². The summed E-state index contributed by atoms with van der Waals surface area (Å²) in [6.45, 7) is 5.60. The second kappa shape index (κ2) is 7.51. The lowest BCUT2D eigenvalue weighted by molar-refractivity contribution is 0.0586. The summed E-state index contributed by atoms with van der Waals surface area (Å²) in [5, 5.41) is 10.3. The molecule has 0 bridgehead atoms. The molecule has 2 aliphatic rings. The van der Waals surface area contributed by atoms with Crippen LogP contribution in [0.5, 0.6) is 0 Å². The first-order chi connectivity index (χ1) is 12.6. The summed E-state index contributed by atoms with van der Waals surface area (Å²) >= 11 is 0. The highest BCUT2D eigenvalue weighted by Gasteiger charge is 2.46. The summed E-state index contributed by atoms with van der Waals surface area (Å²) in [6, 6.07) is 23.3. The van der Waals surface area contributed by atoms with Crippen LogP contribution in [0.15, 0.2) is 60.7 Å². The van der Waals surface area contributed by atoms with E-state index in [0.717, 1.165) is 25.9 Å². The fourth-order valence-corrected chi connectivity index (χ4v) is 4.92. The zero-order chi connectivity index (χ0) is 18.1. The van der Waals surface area contributed by atoms with Gasteiger partial charge in [-0.25, -0.2) is 0 Å². The molecular weight excluding hydrogens is 320 g/mol. The van der Waals surface area contributed by atoms with E-state index in [2.05, 4.69) is 84.3 Å². The number of hydrogen-bond donors (Lipinski definition) is 1. The Morgan fingerprint density at radius 2 is 1.27 bits per heavy atom. The lowest BCUT2D eigenvalue weighted by atomic mass is 9.86. The third kappa shape index (κ3) is 3.32. The maximum absolute atomic E-state index is 10.3. The molecule has 2 aromatic carbocycles.